The molecule has 2 fully saturated rings. The highest BCUT2D eigenvalue weighted by molar-refractivity contribution is 6.04. The lowest BCUT2D eigenvalue weighted by atomic mass is 10.1. The van der Waals surface area contributed by atoms with Crippen LogP contribution in [0.3, 0.4) is 0 Å². The maximum absolute atomic E-state index is 14.0. The number of nitrogens with one attached hydrogen (secondary N) is 2. The summed E-state index contributed by atoms with van der Waals surface area (Å²) < 4.78 is 27.2. The average molecular weight is 428 g/mol. The molecular weight excluding hydrogens is 410 g/mol. The SMILES string of the molecule is O=C(Nc1cccc(CN2C(=O)CNC2=O)c1)C1CC(=O)N(c2ccc(F)cc2F)C1. The summed E-state index contributed by atoms with van der Waals surface area (Å²) in [5.41, 5.74) is 1.01. The van der Waals surface area contributed by atoms with E-state index in [1.807, 2.05) is 0 Å². The Kier molecular flexibility index (Phi) is 5.37. The van der Waals surface area contributed by atoms with Crippen molar-refractivity contribution in [3.8, 4) is 0 Å². The predicted octanol–water partition coefficient (Wildman–Crippen LogP) is 2.01. The smallest absolute Gasteiger partial charge is 0.324 e. The van der Waals surface area contributed by atoms with Crippen LogP contribution in [0.25, 0.3) is 0 Å². The summed E-state index contributed by atoms with van der Waals surface area (Å²) in [7, 11) is 0. The number of urea groups is 1. The van der Waals surface area contributed by atoms with Crippen LogP contribution >= 0.6 is 0 Å². The van der Waals surface area contributed by atoms with Gasteiger partial charge in [0.05, 0.1) is 24.7 Å². The van der Waals surface area contributed by atoms with Gasteiger partial charge in [-0.3, -0.25) is 19.3 Å². The number of rotatable bonds is 5. The third-order valence-corrected chi connectivity index (χ3v) is 5.17. The molecule has 8 nitrogen and oxygen atoms in total. The highest BCUT2D eigenvalue weighted by Crippen LogP contribution is 2.28. The van der Waals surface area contributed by atoms with Crippen LogP contribution in [0.4, 0.5) is 25.0 Å². The van der Waals surface area contributed by atoms with Crippen molar-refractivity contribution in [1.29, 1.82) is 0 Å². The quantitative estimate of drug-likeness (QED) is 0.712. The van der Waals surface area contributed by atoms with Crippen molar-refractivity contribution in [3.63, 3.8) is 0 Å². The third kappa shape index (κ3) is 4.23. The molecule has 2 aliphatic heterocycles. The van der Waals surface area contributed by atoms with Crippen molar-refractivity contribution in [2.45, 2.75) is 13.0 Å². The maximum atomic E-state index is 14.0. The number of nitrogens with zero attached hydrogens (tertiary/aromatic N) is 2. The molecule has 0 spiro atoms. The number of amides is 5. The lowest BCUT2D eigenvalue weighted by molar-refractivity contribution is -0.125. The van der Waals surface area contributed by atoms with E-state index in [9.17, 15) is 28.0 Å². The van der Waals surface area contributed by atoms with E-state index >= 15 is 0 Å². The summed E-state index contributed by atoms with van der Waals surface area (Å²) in [6, 6.07) is 9.09. The predicted molar refractivity (Wildman–Crippen MR) is 106 cm³/mol. The van der Waals surface area contributed by atoms with Crippen LogP contribution in [-0.4, -0.2) is 41.7 Å². The van der Waals surface area contributed by atoms with Gasteiger partial charge in [-0.05, 0) is 29.8 Å². The highest BCUT2D eigenvalue weighted by atomic mass is 19.1. The van der Waals surface area contributed by atoms with E-state index in [0.29, 0.717) is 17.3 Å². The number of carbonyl (C=O) groups excluding carboxylic acids is 4. The summed E-state index contributed by atoms with van der Waals surface area (Å²) >= 11 is 0. The van der Waals surface area contributed by atoms with Crippen LogP contribution in [0, 0.1) is 17.6 Å². The van der Waals surface area contributed by atoms with E-state index in [1.54, 1.807) is 24.3 Å². The summed E-state index contributed by atoms with van der Waals surface area (Å²) in [6.07, 6.45) is -0.106. The first kappa shape index (κ1) is 20.5. The van der Waals surface area contributed by atoms with Crippen LogP contribution in [0.15, 0.2) is 42.5 Å². The van der Waals surface area contributed by atoms with Gasteiger partial charge in [0.2, 0.25) is 17.7 Å². The molecular formula is C21H18F2N4O4. The monoisotopic (exact) mass is 428 g/mol. The first-order valence-electron chi connectivity index (χ1n) is 9.55. The fourth-order valence-corrected chi connectivity index (χ4v) is 3.61. The standard InChI is InChI=1S/C21H18F2N4O4/c22-14-4-5-17(16(23)8-14)26-11-13(7-18(26)28)20(30)25-15-3-1-2-12(6-15)10-27-19(29)9-24-21(27)31/h1-6,8,13H,7,9-11H2,(H,24,31)(H,25,30). The fourth-order valence-electron chi connectivity index (χ4n) is 3.61. The molecule has 10 heteroatoms. The molecule has 31 heavy (non-hydrogen) atoms. The van der Waals surface area contributed by atoms with Gasteiger partial charge >= 0.3 is 6.03 Å². The molecule has 0 aromatic heterocycles. The van der Waals surface area contributed by atoms with Crippen molar-refractivity contribution < 1.29 is 28.0 Å². The van der Waals surface area contributed by atoms with Gasteiger partial charge in [0.25, 0.3) is 0 Å². The number of hydrogen-bond acceptors (Lipinski definition) is 4. The van der Waals surface area contributed by atoms with E-state index in [1.165, 1.54) is 6.07 Å². The number of benzene rings is 2. The largest absolute Gasteiger partial charge is 0.329 e. The van der Waals surface area contributed by atoms with Gasteiger partial charge < -0.3 is 15.5 Å². The van der Waals surface area contributed by atoms with Gasteiger partial charge in [0.1, 0.15) is 11.6 Å². The molecule has 0 aliphatic carbocycles. The Morgan fingerprint density at radius 3 is 2.61 bits per heavy atom. The zero-order valence-corrected chi connectivity index (χ0v) is 16.2. The Morgan fingerprint density at radius 1 is 1.10 bits per heavy atom. The minimum absolute atomic E-state index is 0.0324. The molecule has 0 saturated carbocycles. The molecule has 2 saturated heterocycles. The second-order valence-corrected chi connectivity index (χ2v) is 7.33. The van der Waals surface area contributed by atoms with Gasteiger partial charge in [-0.25, -0.2) is 13.6 Å². The maximum Gasteiger partial charge on any atom is 0.324 e. The summed E-state index contributed by atoms with van der Waals surface area (Å²) in [5, 5.41) is 5.15. The normalized spacial score (nSPS) is 18.5. The van der Waals surface area contributed by atoms with Crippen molar-refractivity contribution in [1.82, 2.24) is 10.2 Å². The molecule has 2 N–H and O–H groups in total. The Balaban J connectivity index is 1.42. The first-order valence-corrected chi connectivity index (χ1v) is 9.55. The van der Waals surface area contributed by atoms with Crippen LogP contribution in [-0.2, 0) is 20.9 Å². The number of halogens is 2. The van der Waals surface area contributed by atoms with Crippen LogP contribution in [0.1, 0.15) is 12.0 Å². The molecule has 0 radical (unpaired) electrons. The molecule has 160 valence electrons. The minimum Gasteiger partial charge on any atom is -0.329 e. The van der Waals surface area contributed by atoms with E-state index in [4.69, 9.17) is 0 Å². The molecule has 2 aromatic carbocycles. The minimum atomic E-state index is -0.873. The van der Waals surface area contributed by atoms with Crippen molar-refractivity contribution in [2.24, 2.45) is 5.92 Å². The second-order valence-electron chi connectivity index (χ2n) is 7.33. The van der Waals surface area contributed by atoms with Crippen molar-refractivity contribution in [3.05, 3.63) is 59.7 Å². The van der Waals surface area contributed by atoms with Gasteiger partial charge in [-0.1, -0.05) is 12.1 Å². The molecule has 0 bridgehead atoms. The van der Waals surface area contributed by atoms with Crippen LogP contribution in [0.5, 0.6) is 0 Å². The zero-order chi connectivity index (χ0) is 22.1. The van der Waals surface area contributed by atoms with Crippen molar-refractivity contribution in [2.75, 3.05) is 23.3 Å². The van der Waals surface area contributed by atoms with Gasteiger partial charge in [0.15, 0.2) is 0 Å². The first-order chi connectivity index (χ1) is 14.8. The van der Waals surface area contributed by atoms with E-state index in [2.05, 4.69) is 10.6 Å². The van der Waals surface area contributed by atoms with Gasteiger partial charge in [-0.2, -0.15) is 0 Å². The summed E-state index contributed by atoms with van der Waals surface area (Å²) in [4.78, 5) is 50.6. The molecule has 4 rings (SSSR count). The van der Waals surface area contributed by atoms with Crippen molar-refractivity contribution >= 4 is 35.1 Å². The number of hydrogen-bond donors (Lipinski definition) is 2. The Hall–Kier alpha value is -3.82. The average Bonchev–Trinajstić information content (AvgIpc) is 3.26. The number of anilines is 2. The van der Waals surface area contributed by atoms with E-state index in [0.717, 1.165) is 15.9 Å². The summed E-state index contributed by atoms with van der Waals surface area (Å²) in [6.45, 7) is -0.0145. The molecule has 1 unspecified atom stereocenters. The van der Waals surface area contributed by atoms with Gasteiger partial charge in [-0.15, -0.1) is 0 Å². The Morgan fingerprint density at radius 2 is 1.90 bits per heavy atom. The highest BCUT2D eigenvalue weighted by Gasteiger charge is 2.36. The zero-order valence-electron chi connectivity index (χ0n) is 16.2. The molecule has 2 heterocycles. The second kappa shape index (κ2) is 8.13. The Labute approximate surface area is 175 Å². The fraction of sp³-hybridized carbons (Fsp3) is 0.238. The lowest BCUT2D eigenvalue weighted by Crippen LogP contribution is -2.30. The molecule has 2 aromatic rings. The van der Waals surface area contributed by atoms with Gasteiger partial charge in [0, 0.05) is 24.7 Å². The third-order valence-electron chi connectivity index (χ3n) is 5.17. The van der Waals surface area contributed by atoms with Crippen LogP contribution in [0.2, 0.25) is 0 Å². The number of carbonyl (C=O) groups is 4. The lowest BCUT2D eigenvalue weighted by Gasteiger charge is -2.17. The number of imide groups is 1. The van der Waals surface area contributed by atoms with E-state index in [-0.39, 0.29) is 37.6 Å². The topological polar surface area (TPSA) is 98.8 Å². The summed E-state index contributed by atoms with van der Waals surface area (Å²) in [5.74, 6) is -3.54. The molecule has 5 amide bonds. The molecule has 1 atom stereocenters. The van der Waals surface area contributed by atoms with Crippen LogP contribution < -0.4 is 15.5 Å². The Bertz CT molecular complexity index is 1070. The molecule has 2 aliphatic rings. The van der Waals surface area contributed by atoms with E-state index < -0.39 is 35.4 Å².